The Kier molecular flexibility index (Phi) is 3.93. The number of hydrogen-bond donors (Lipinski definition) is 1. The SMILES string of the molecule is CC1C(Cc2ccccc2[N+](=O)[O-])NCCN1C. The van der Waals surface area contributed by atoms with Crippen molar-refractivity contribution in [3.05, 3.63) is 39.9 Å². The number of nitrogens with one attached hydrogen (secondary N) is 1. The Bertz CT molecular complexity index is 436. The molecule has 1 aromatic carbocycles. The van der Waals surface area contributed by atoms with Crippen LogP contribution in [-0.2, 0) is 6.42 Å². The molecule has 0 amide bonds. The molecule has 2 atom stereocenters. The Morgan fingerprint density at radius 1 is 1.50 bits per heavy atom. The molecule has 1 aliphatic heterocycles. The topological polar surface area (TPSA) is 58.4 Å². The maximum absolute atomic E-state index is 11.0. The van der Waals surface area contributed by atoms with Crippen molar-refractivity contribution in [1.29, 1.82) is 0 Å². The van der Waals surface area contributed by atoms with Gasteiger partial charge in [0.05, 0.1) is 4.92 Å². The van der Waals surface area contributed by atoms with E-state index in [-0.39, 0.29) is 16.7 Å². The maximum atomic E-state index is 11.0. The fourth-order valence-electron chi connectivity index (χ4n) is 2.45. The first-order valence-corrected chi connectivity index (χ1v) is 6.25. The van der Waals surface area contributed by atoms with Gasteiger partial charge in [-0.25, -0.2) is 0 Å². The Labute approximate surface area is 107 Å². The van der Waals surface area contributed by atoms with Crippen molar-refractivity contribution >= 4 is 5.69 Å². The van der Waals surface area contributed by atoms with E-state index in [4.69, 9.17) is 0 Å². The van der Waals surface area contributed by atoms with Gasteiger partial charge in [0.15, 0.2) is 0 Å². The molecule has 2 unspecified atom stereocenters. The van der Waals surface area contributed by atoms with Gasteiger partial charge in [-0.05, 0) is 20.4 Å². The lowest BCUT2D eigenvalue weighted by atomic mass is 9.97. The fourth-order valence-corrected chi connectivity index (χ4v) is 2.45. The smallest absolute Gasteiger partial charge is 0.272 e. The van der Waals surface area contributed by atoms with E-state index >= 15 is 0 Å². The highest BCUT2D eigenvalue weighted by molar-refractivity contribution is 5.40. The van der Waals surface area contributed by atoms with Crippen molar-refractivity contribution in [3.63, 3.8) is 0 Å². The van der Waals surface area contributed by atoms with Crippen molar-refractivity contribution < 1.29 is 4.92 Å². The first-order valence-electron chi connectivity index (χ1n) is 6.25. The first-order chi connectivity index (χ1) is 8.59. The third-order valence-electron chi connectivity index (χ3n) is 3.78. The van der Waals surface area contributed by atoms with E-state index < -0.39 is 0 Å². The number of hydrogen-bond acceptors (Lipinski definition) is 4. The minimum atomic E-state index is -0.299. The van der Waals surface area contributed by atoms with Gasteiger partial charge in [0, 0.05) is 36.8 Å². The molecule has 98 valence electrons. The predicted octanol–water partition coefficient (Wildman–Crippen LogP) is 1.43. The van der Waals surface area contributed by atoms with Crippen LogP contribution < -0.4 is 5.32 Å². The van der Waals surface area contributed by atoms with Gasteiger partial charge in [0.25, 0.3) is 5.69 Å². The van der Waals surface area contributed by atoms with Crippen LogP contribution >= 0.6 is 0 Å². The zero-order chi connectivity index (χ0) is 13.1. The number of nitrogens with zero attached hydrogens (tertiary/aromatic N) is 2. The molecule has 2 rings (SSSR count). The first kappa shape index (κ1) is 13.0. The van der Waals surface area contributed by atoms with E-state index in [0.29, 0.717) is 12.5 Å². The summed E-state index contributed by atoms with van der Waals surface area (Å²) in [6.45, 7) is 4.12. The number of para-hydroxylation sites is 1. The van der Waals surface area contributed by atoms with Gasteiger partial charge >= 0.3 is 0 Å². The van der Waals surface area contributed by atoms with Crippen molar-refractivity contribution in [1.82, 2.24) is 10.2 Å². The van der Waals surface area contributed by atoms with Gasteiger partial charge < -0.3 is 10.2 Å². The highest BCUT2D eigenvalue weighted by Gasteiger charge is 2.27. The number of benzene rings is 1. The molecule has 1 fully saturated rings. The summed E-state index contributed by atoms with van der Waals surface area (Å²) in [6, 6.07) is 7.65. The number of nitro benzene ring substituents is 1. The van der Waals surface area contributed by atoms with Gasteiger partial charge in [-0.3, -0.25) is 10.1 Å². The zero-order valence-electron chi connectivity index (χ0n) is 10.8. The second-order valence-corrected chi connectivity index (χ2v) is 4.87. The molecule has 18 heavy (non-hydrogen) atoms. The molecule has 0 aromatic heterocycles. The van der Waals surface area contributed by atoms with Crippen LogP contribution in [0.15, 0.2) is 24.3 Å². The van der Waals surface area contributed by atoms with Crippen molar-refractivity contribution in [2.75, 3.05) is 20.1 Å². The minimum Gasteiger partial charge on any atom is -0.311 e. The van der Waals surface area contributed by atoms with Crippen LogP contribution in [0.25, 0.3) is 0 Å². The van der Waals surface area contributed by atoms with Crippen molar-refractivity contribution in [2.24, 2.45) is 0 Å². The lowest BCUT2D eigenvalue weighted by molar-refractivity contribution is -0.385. The van der Waals surface area contributed by atoms with Crippen LogP contribution in [0.3, 0.4) is 0 Å². The molecule has 1 heterocycles. The highest BCUT2D eigenvalue weighted by atomic mass is 16.6. The summed E-state index contributed by atoms with van der Waals surface area (Å²) >= 11 is 0. The van der Waals surface area contributed by atoms with Crippen LogP contribution in [0.4, 0.5) is 5.69 Å². The number of rotatable bonds is 3. The number of likely N-dealkylation sites (N-methyl/N-ethyl adjacent to an activating group) is 1. The van der Waals surface area contributed by atoms with Crippen molar-refractivity contribution in [3.8, 4) is 0 Å². The van der Waals surface area contributed by atoms with E-state index in [9.17, 15) is 10.1 Å². The van der Waals surface area contributed by atoms with Gasteiger partial charge in [0.1, 0.15) is 0 Å². The molecule has 0 saturated carbocycles. The van der Waals surface area contributed by atoms with E-state index in [0.717, 1.165) is 18.7 Å². The van der Waals surface area contributed by atoms with Gasteiger partial charge in [-0.15, -0.1) is 0 Å². The zero-order valence-corrected chi connectivity index (χ0v) is 10.8. The van der Waals surface area contributed by atoms with Crippen LogP contribution in [0.1, 0.15) is 12.5 Å². The highest BCUT2D eigenvalue weighted by Crippen LogP contribution is 2.21. The summed E-state index contributed by atoms with van der Waals surface area (Å²) in [5.74, 6) is 0. The fraction of sp³-hybridized carbons (Fsp3) is 0.538. The second kappa shape index (κ2) is 5.46. The monoisotopic (exact) mass is 249 g/mol. The molecular formula is C13H19N3O2. The molecular weight excluding hydrogens is 230 g/mol. The van der Waals surface area contributed by atoms with E-state index in [1.807, 2.05) is 12.1 Å². The summed E-state index contributed by atoms with van der Waals surface area (Å²) in [4.78, 5) is 13.0. The number of piperazine rings is 1. The quantitative estimate of drug-likeness (QED) is 0.650. The van der Waals surface area contributed by atoms with E-state index in [2.05, 4.69) is 24.2 Å². The molecule has 5 heteroatoms. The minimum absolute atomic E-state index is 0.222. The van der Waals surface area contributed by atoms with Gasteiger partial charge in [-0.1, -0.05) is 18.2 Å². The Hall–Kier alpha value is -1.46. The summed E-state index contributed by atoms with van der Waals surface area (Å²) in [5, 5.41) is 14.4. The van der Waals surface area contributed by atoms with Crippen molar-refractivity contribution in [2.45, 2.75) is 25.4 Å². The van der Waals surface area contributed by atoms with Crippen LogP contribution in [0, 0.1) is 10.1 Å². The molecule has 0 spiro atoms. The van der Waals surface area contributed by atoms with Gasteiger partial charge in [0.2, 0.25) is 0 Å². The molecule has 0 bridgehead atoms. The van der Waals surface area contributed by atoms with E-state index in [1.165, 1.54) is 0 Å². The third-order valence-corrected chi connectivity index (χ3v) is 3.78. The van der Waals surface area contributed by atoms with Gasteiger partial charge in [-0.2, -0.15) is 0 Å². The standard InChI is InChI=1S/C13H19N3O2/c1-10-12(14-7-8-15(10)2)9-11-5-3-4-6-13(11)16(17)18/h3-6,10,12,14H,7-9H2,1-2H3. The molecule has 1 aromatic rings. The lowest BCUT2D eigenvalue weighted by Gasteiger charge is -2.37. The van der Waals surface area contributed by atoms with Crippen LogP contribution in [0.5, 0.6) is 0 Å². The summed E-state index contributed by atoms with van der Waals surface area (Å²) in [6.07, 6.45) is 0.697. The molecule has 0 aliphatic carbocycles. The number of nitro groups is 1. The molecule has 1 aliphatic rings. The van der Waals surface area contributed by atoms with Crippen LogP contribution in [0.2, 0.25) is 0 Å². The normalized spacial score (nSPS) is 25.0. The molecule has 1 saturated heterocycles. The maximum Gasteiger partial charge on any atom is 0.272 e. The average molecular weight is 249 g/mol. The summed E-state index contributed by atoms with van der Waals surface area (Å²) in [5.41, 5.74) is 1.03. The van der Waals surface area contributed by atoms with E-state index in [1.54, 1.807) is 12.1 Å². The Balaban J connectivity index is 2.16. The summed E-state index contributed by atoms with van der Waals surface area (Å²) < 4.78 is 0. The summed E-state index contributed by atoms with van der Waals surface area (Å²) in [7, 11) is 2.10. The Morgan fingerprint density at radius 3 is 2.94 bits per heavy atom. The van der Waals surface area contributed by atoms with Crippen LogP contribution in [-0.4, -0.2) is 42.0 Å². The Morgan fingerprint density at radius 2 is 2.22 bits per heavy atom. The third kappa shape index (κ3) is 2.68. The second-order valence-electron chi connectivity index (χ2n) is 4.87. The largest absolute Gasteiger partial charge is 0.311 e. The predicted molar refractivity (Wildman–Crippen MR) is 70.7 cm³/mol. The molecule has 0 radical (unpaired) electrons. The lowest BCUT2D eigenvalue weighted by Crippen LogP contribution is -2.55. The average Bonchev–Trinajstić information content (AvgIpc) is 2.35. The molecule has 1 N–H and O–H groups in total. The molecule has 5 nitrogen and oxygen atoms in total.